The molecule has 1 aliphatic carbocycles. The van der Waals surface area contributed by atoms with Gasteiger partial charge in [-0.2, -0.15) is 0 Å². The van der Waals surface area contributed by atoms with Gasteiger partial charge in [0.2, 0.25) is 0 Å². The van der Waals surface area contributed by atoms with Gasteiger partial charge in [-0.1, -0.05) is 31.5 Å². The van der Waals surface area contributed by atoms with Crippen LogP contribution < -0.4 is 0 Å². The largest absolute Gasteiger partial charge is 0.366 e. The van der Waals surface area contributed by atoms with E-state index in [0.29, 0.717) is 24.1 Å². The summed E-state index contributed by atoms with van der Waals surface area (Å²) in [5.41, 5.74) is 4.44. The Morgan fingerprint density at radius 1 is 1.26 bits per heavy atom. The first kappa shape index (κ1) is 14.1. The zero-order chi connectivity index (χ0) is 15.6. The molecular formula is C20H26N2O. The van der Waals surface area contributed by atoms with E-state index >= 15 is 0 Å². The van der Waals surface area contributed by atoms with Crippen molar-refractivity contribution in [2.75, 3.05) is 13.7 Å². The highest BCUT2D eigenvalue weighted by molar-refractivity contribution is 5.85. The maximum atomic E-state index is 5.94. The quantitative estimate of drug-likeness (QED) is 0.911. The average Bonchev–Trinajstić information content (AvgIpc) is 2.91. The Hall–Kier alpha value is -1.32. The number of methoxy groups -OCH3 is 1. The first-order valence-electron chi connectivity index (χ1n) is 9.19. The summed E-state index contributed by atoms with van der Waals surface area (Å²) in [6, 6.07) is 9.50. The Kier molecular flexibility index (Phi) is 3.11. The van der Waals surface area contributed by atoms with Crippen molar-refractivity contribution in [1.29, 1.82) is 0 Å². The number of piperidine rings is 2. The van der Waals surface area contributed by atoms with Crippen molar-refractivity contribution in [2.24, 2.45) is 11.8 Å². The summed E-state index contributed by atoms with van der Waals surface area (Å²) in [6.45, 7) is 3.51. The first-order chi connectivity index (χ1) is 11.3. The van der Waals surface area contributed by atoms with Crippen molar-refractivity contribution in [1.82, 2.24) is 9.88 Å². The first-order valence-corrected chi connectivity index (χ1v) is 9.19. The summed E-state index contributed by atoms with van der Waals surface area (Å²) in [7, 11) is 1.90. The van der Waals surface area contributed by atoms with Crippen molar-refractivity contribution in [2.45, 2.75) is 50.8 Å². The van der Waals surface area contributed by atoms with Crippen LogP contribution in [0.3, 0.4) is 0 Å². The zero-order valence-corrected chi connectivity index (χ0v) is 14.1. The molecule has 0 spiro atoms. The van der Waals surface area contributed by atoms with Gasteiger partial charge < -0.3 is 9.72 Å². The van der Waals surface area contributed by atoms with E-state index in [-0.39, 0.29) is 0 Å². The highest BCUT2D eigenvalue weighted by Gasteiger charge is 2.53. The molecule has 2 aromatic rings. The molecule has 3 aliphatic heterocycles. The molecule has 0 radical (unpaired) electrons. The number of H-pyrrole nitrogens is 1. The lowest BCUT2D eigenvalue weighted by atomic mass is 9.64. The summed E-state index contributed by atoms with van der Waals surface area (Å²) >= 11 is 0. The van der Waals surface area contributed by atoms with Crippen LogP contribution in [0.1, 0.15) is 43.4 Å². The van der Waals surface area contributed by atoms with Crippen LogP contribution in [0.4, 0.5) is 0 Å². The lowest BCUT2D eigenvalue weighted by Gasteiger charge is -2.57. The second-order valence-corrected chi connectivity index (χ2v) is 7.67. The topological polar surface area (TPSA) is 28.3 Å². The predicted molar refractivity (Wildman–Crippen MR) is 92.5 cm³/mol. The molecule has 1 aromatic carbocycles. The van der Waals surface area contributed by atoms with Crippen LogP contribution in [-0.4, -0.2) is 35.8 Å². The standard InChI is InChI=1S/C20H26N2O/c1-3-12-10-13-11-16-18-15(14-6-4-5-7-17(14)21-18)8-9-22(19(12)16)20(13)23-2/h4-7,12-13,16,19-21H,3,8-11H2,1-2H3/t12-,13+,16-,19-,20?/m0/s1. The number of aromatic amines is 1. The van der Waals surface area contributed by atoms with E-state index < -0.39 is 0 Å². The van der Waals surface area contributed by atoms with Gasteiger partial charge >= 0.3 is 0 Å². The zero-order valence-electron chi connectivity index (χ0n) is 14.1. The number of fused-ring (bicyclic) bond motifs is 4. The Morgan fingerprint density at radius 2 is 2.13 bits per heavy atom. The van der Waals surface area contributed by atoms with Crippen molar-refractivity contribution < 1.29 is 4.74 Å². The van der Waals surface area contributed by atoms with Crippen LogP contribution in [0.2, 0.25) is 0 Å². The summed E-state index contributed by atoms with van der Waals surface area (Å²) in [4.78, 5) is 6.51. The fourth-order valence-electron chi connectivity index (χ4n) is 5.94. The molecule has 23 heavy (non-hydrogen) atoms. The van der Waals surface area contributed by atoms with E-state index in [4.69, 9.17) is 4.74 Å². The minimum absolute atomic E-state index is 0.342. The third-order valence-corrected chi connectivity index (χ3v) is 6.77. The van der Waals surface area contributed by atoms with Crippen LogP contribution in [0, 0.1) is 11.8 Å². The fourth-order valence-corrected chi connectivity index (χ4v) is 5.94. The van der Waals surface area contributed by atoms with Gasteiger partial charge in [-0.05, 0) is 42.7 Å². The van der Waals surface area contributed by atoms with Gasteiger partial charge in [-0.3, -0.25) is 4.90 Å². The molecule has 2 saturated heterocycles. The highest BCUT2D eigenvalue weighted by Crippen LogP contribution is 2.53. The average molecular weight is 310 g/mol. The van der Waals surface area contributed by atoms with Gasteiger partial charge in [0.1, 0.15) is 6.23 Å². The van der Waals surface area contributed by atoms with Gasteiger partial charge in [0, 0.05) is 42.2 Å². The van der Waals surface area contributed by atoms with Crippen molar-refractivity contribution in [3.05, 3.63) is 35.5 Å². The third kappa shape index (κ3) is 1.84. The Bertz CT molecular complexity index is 736. The van der Waals surface area contributed by atoms with Gasteiger partial charge in [0.25, 0.3) is 0 Å². The summed E-state index contributed by atoms with van der Waals surface area (Å²) < 4.78 is 5.94. The molecule has 6 atom stereocenters. The predicted octanol–water partition coefficient (Wildman–Crippen LogP) is 3.90. The van der Waals surface area contributed by atoms with E-state index in [1.54, 1.807) is 5.56 Å². The van der Waals surface area contributed by atoms with Gasteiger partial charge in [-0.25, -0.2) is 0 Å². The van der Waals surface area contributed by atoms with Gasteiger partial charge in [-0.15, -0.1) is 0 Å². The SMILES string of the molecule is CC[C@H]1C[C@@H]2C[C@H]3c4[nH]c5ccccc5c4CCN(C2OC)[C@@H]13. The molecule has 0 amide bonds. The lowest BCUT2D eigenvalue weighted by Crippen LogP contribution is -2.62. The lowest BCUT2D eigenvalue weighted by molar-refractivity contribution is -0.172. The van der Waals surface area contributed by atoms with Crippen LogP contribution >= 0.6 is 0 Å². The number of nitrogens with zero attached hydrogens (tertiary/aromatic N) is 1. The van der Waals surface area contributed by atoms with Crippen molar-refractivity contribution in [3.63, 3.8) is 0 Å². The second-order valence-electron chi connectivity index (χ2n) is 7.67. The summed E-state index contributed by atoms with van der Waals surface area (Å²) in [5, 5.41) is 1.44. The maximum Gasteiger partial charge on any atom is 0.113 e. The smallest absolute Gasteiger partial charge is 0.113 e. The van der Waals surface area contributed by atoms with E-state index in [2.05, 4.69) is 41.1 Å². The minimum Gasteiger partial charge on any atom is -0.366 e. The minimum atomic E-state index is 0.342. The Balaban J connectivity index is 1.67. The molecule has 122 valence electrons. The summed E-state index contributed by atoms with van der Waals surface area (Å²) in [5.74, 6) is 2.18. The number of aromatic nitrogens is 1. The molecule has 2 unspecified atom stereocenters. The molecule has 4 aliphatic rings. The van der Waals surface area contributed by atoms with Crippen molar-refractivity contribution >= 4 is 10.9 Å². The second kappa shape index (κ2) is 5.09. The molecule has 6 rings (SSSR count). The molecule has 3 fully saturated rings. The van der Waals surface area contributed by atoms with Gasteiger partial charge in [0.05, 0.1) is 0 Å². The number of ether oxygens (including phenoxy) is 1. The van der Waals surface area contributed by atoms with Crippen molar-refractivity contribution in [3.8, 4) is 0 Å². The van der Waals surface area contributed by atoms with E-state index in [0.717, 1.165) is 18.9 Å². The molecule has 3 heteroatoms. The monoisotopic (exact) mass is 310 g/mol. The van der Waals surface area contributed by atoms with Crippen LogP contribution in [0.15, 0.2) is 24.3 Å². The molecule has 4 bridgehead atoms. The Labute approximate surface area is 138 Å². The highest BCUT2D eigenvalue weighted by atomic mass is 16.5. The molecule has 1 aromatic heterocycles. The third-order valence-electron chi connectivity index (χ3n) is 6.77. The fraction of sp³-hybridized carbons (Fsp3) is 0.600. The number of nitrogens with one attached hydrogen (secondary N) is 1. The van der Waals surface area contributed by atoms with E-state index in [1.165, 1.54) is 35.9 Å². The Morgan fingerprint density at radius 3 is 2.96 bits per heavy atom. The number of hydrogen-bond donors (Lipinski definition) is 1. The number of hydrogen-bond acceptors (Lipinski definition) is 2. The number of benzene rings is 1. The normalized spacial score (nSPS) is 38.5. The van der Waals surface area contributed by atoms with Gasteiger partial charge in [0.15, 0.2) is 0 Å². The molecule has 1 saturated carbocycles. The summed E-state index contributed by atoms with van der Waals surface area (Å²) in [6.07, 6.45) is 5.42. The molecule has 1 N–H and O–H groups in total. The maximum absolute atomic E-state index is 5.94. The molecule has 4 heterocycles. The molecular weight excluding hydrogens is 284 g/mol. The van der Waals surface area contributed by atoms with Crippen LogP contribution in [-0.2, 0) is 11.2 Å². The van der Waals surface area contributed by atoms with E-state index in [9.17, 15) is 0 Å². The van der Waals surface area contributed by atoms with Crippen LogP contribution in [0.25, 0.3) is 10.9 Å². The number of rotatable bonds is 2. The van der Waals surface area contributed by atoms with Crippen LogP contribution in [0.5, 0.6) is 0 Å². The molecule has 3 nitrogen and oxygen atoms in total. The number of para-hydroxylation sites is 1. The van der Waals surface area contributed by atoms with E-state index in [1.807, 2.05) is 7.11 Å².